The fraction of sp³-hybridized carbons (Fsp3) is 0.286. The number of hydrogen-bond donors (Lipinski definition) is 1. The molecule has 2 aromatic carbocycles. The summed E-state index contributed by atoms with van der Waals surface area (Å²) in [6.45, 7) is 1.75. The van der Waals surface area contributed by atoms with Gasteiger partial charge in [-0.3, -0.25) is 4.79 Å². The van der Waals surface area contributed by atoms with E-state index in [-0.39, 0.29) is 29.9 Å². The second kappa shape index (κ2) is 8.51. The third-order valence-corrected chi connectivity index (χ3v) is 5.24. The van der Waals surface area contributed by atoms with Crippen LogP contribution in [0.5, 0.6) is 5.75 Å². The molecule has 0 unspecified atom stereocenters. The average Bonchev–Trinajstić information content (AvgIpc) is 3.45. The van der Waals surface area contributed by atoms with E-state index in [4.69, 9.17) is 4.74 Å². The van der Waals surface area contributed by atoms with Crippen LogP contribution in [0, 0.1) is 11.6 Å². The molecule has 1 fully saturated rings. The zero-order valence-electron chi connectivity index (χ0n) is 16.1. The quantitative estimate of drug-likeness (QED) is 0.549. The number of amides is 1. The highest BCUT2D eigenvalue weighted by atomic mass is 79.9. The highest BCUT2D eigenvalue weighted by molar-refractivity contribution is 9.10. The van der Waals surface area contributed by atoms with E-state index in [0.717, 1.165) is 40.8 Å². The summed E-state index contributed by atoms with van der Waals surface area (Å²) in [6, 6.07) is 10.3. The molecular weight excluding hydrogens is 458 g/mol. The van der Waals surface area contributed by atoms with Gasteiger partial charge in [0, 0.05) is 16.5 Å². The molecule has 9 heteroatoms. The Balaban J connectivity index is 1.46. The zero-order chi connectivity index (χ0) is 21.3. The van der Waals surface area contributed by atoms with Gasteiger partial charge < -0.3 is 10.1 Å². The molecular formula is C21H19BrF2N4O2. The van der Waals surface area contributed by atoms with Gasteiger partial charge >= 0.3 is 0 Å². The molecule has 30 heavy (non-hydrogen) atoms. The number of aromatic nitrogens is 3. The molecule has 0 saturated heterocycles. The minimum absolute atomic E-state index is 0.0217. The number of rotatable bonds is 7. The summed E-state index contributed by atoms with van der Waals surface area (Å²) in [5.41, 5.74) is 1.89. The molecule has 1 atom stereocenters. The third kappa shape index (κ3) is 4.51. The number of hydrogen-bond acceptors (Lipinski definition) is 4. The first-order chi connectivity index (χ1) is 14.4. The minimum atomic E-state index is -0.790. The van der Waals surface area contributed by atoms with Crippen LogP contribution < -0.4 is 10.1 Å². The van der Waals surface area contributed by atoms with Gasteiger partial charge in [0.2, 0.25) is 0 Å². The summed E-state index contributed by atoms with van der Waals surface area (Å²) >= 11 is 3.41. The molecule has 0 radical (unpaired) electrons. The lowest BCUT2D eigenvalue weighted by atomic mass is 10.2. The van der Waals surface area contributed by atoms with E-state index >= 15 is 0 Å². The van der Waals surface area contributed by atoms with E-state index in [9.17, 15) is 13.6 Å². The van der Waals surface area contributed by atoms with Crippen molar-refractivity contribution in [3.63, 3.8) is 0 Å². The van der Waals surface area contributed by atoms with E-state index in [1.165, 1.54) is 6.07 Å². The summed E-state index contributed by atoms with van der Waals surface area (Å²) in [6.07, 6.45) is 1.96. The predicted molar refractivity (Wildman–Crippen MR) is 110 cm³/mol. The Morgan fingerprint density at radius 2 is 2.00 bits per heavy atom. The fourth-order valence-corrected chi connectivity index (χ4v) is 3.35. The van der Waals surface area contributed by atoms with Crippen molar-refractivity contribution in [2.45, 2.75) is 31.7 Å². The topological polar surface area (TPSA) is 69.0 Å². The molecule has 156 valence electrons. The Kier molecular flexibility index (Phi) is 5.80. The van der Waals surface area contributed by atoms with Crippen molar-refractivity contribution in [1.82, 2.24) is 20.3 Å². The zero-order valence-corrected chi connectivity index (χ0v) is 17.7. The molecule has 1 saturated carbocycles. The molecule has 0 bridgehead atoms. The SMILES string of the molecule is C[C@@H](COc1ccc(F)cc1F)NC(=O)c1nnn(-c2ccc(Br)cc2)c1C1CC1. The second-order valence-corrected chi connectivity index (χ2v) is 8.16. The smallest absolute Gasteiger partial charge is 0.274 e. The molecule has 1 amide bonds. The largest absolute Gasteiger partial charge is 0.488 e. The molecule has 1 heterocycles. The molecule has 1 aromatic heterocycles. The standard InChI is InChI=1S/C21H19BrF2N4O2/c1-12(11-30-18-9-6-15(23)10-17(18)24)25-21(29)19-20(13-2-3-13)28(27-26-19)16-7-4-14(22)5-8-16/h4-10,12-13H,2-3,11H2,1H3,(H,25,29)/t12-/m0/s1. The number of halogens is 3. The lowest BCUT2D eigenvalue weighted by Crippen LogP contribution is -2.37. The van der Waals surface area contributed by atoms with Gasteiger partial charge in [-0.2, -0.15) is 0 Å². The van der Waals surface area contributed by atoms with Crippen LogP contribution in [0.2, 0.25) is 0 Å². The number of nitrogens with one attached hydrogen (secondary N) is 1. The van der Waals surface area contributed by atoms with Crippen LogP contribution in [0.3, 0.4) is 0 Å². The van der Waals surface area contributed by atoms with Gasteiger partial charge in [-0.1, -0.05) is 21.1 Å². The monoisotopic (exact) mass is 476 g/mol. The van der Waals surface area contributed by atoms with E-state index in [1.807, 2.05) is 24.3 Å². The van der Waals surface area contributed by atoms with E-state index < -0.39 is 17.7 Å². The Morgan fingerprint density at radius 3 is 2.67 bits per heavy atom. The first-order valence-corrected chi connectivity index (χ1v) is 10.3. The maximum atomic E-state index is 13.7. The Hall–Kier alpha value is -2.81. The van der Waals surface area contributed by atoms with Crippen LogP contribution in [-0.4, -0.2) is 33.5 Å². The lowest BCUT2D eigenvalue weighted by molar-refractivity contribution is 0.0920. The highest BCUT2D eigenvalue weighted by Crippen LogP contribution is 2.42. The number of carbonyl (C=O) groups excluding carboxylic acids is 1. The summed E-state index contributed by atoms with van der Waals surface area (Å²) < 4.78 is 34.7. The molecule has 0 spiro atoms. The summed E-state index contributed by atoms with van der Waals surface area (Å²) in [4.78, 5) is 12.8. The number of ether oxygens (including phenoxy) is 1. The van der Waals surface area contributed by atoms with Crippen LogP contribution in [0.1, 0.15) is 41.9 Å². The molecule has 1 N–H and O–H groups in total. The number of nitrogens with zero attached hydrogens (tertiary/aromatic N) is 3. The third-order valence-electron chi connectivity index (χ3n) is 4.72. The first-order valence-electron chi connectivity index (χ1n) is 9.52. The van der Waals surface area contributed by atoms with Gasteiger partial charge in [-0.05, 0) is 56.2 Å². The Morgan fingerprint density at radius 1 is 1.27 bits per heavy atom. The van der Waals surface area contributed by atoms with Crippen molar-refractivity contribution in [2.75, 3.05) is 6.61 Å². The first kappa shape index (κ1) is 20.5. The summed E-state index contributed by atoms with van der Waals surface area (Å²) in [5.74, 6) is -1.66. The molecule has 4 rings (SSSR count). The number of benzene rings is 2. The van der Waals surface area contributed by atoms with Crippen molar-refractivity contribution >= 4 is 21.8 Å². The van der Waals surface area contributed by atoms with Crippen molar-refractivity contribution in [3.05, 3.63) is 70.0 Å². The van der Waals surface area contributed by atoms with Gasteiger partial charge in [0.05, 0.1) is 17.4 Å². The molecule has 0 aliphatic heterocycles. The Bertz CT molecular complexity index is 1070. The van der Waals surface area contributed by atoms with Gasteiger partial charge in [0.25, 0.3) is 5.91 Å². The predicted octanol–water partition coefficient (Wildman–Crippen LogP) is 4.38. The van der Waals surface area contributed by atoms with Gasteiger partial charge in [-0.25, -0.2) is 13.5 Å². The fourth-order valence-electron chi connectivity index (χ4n) is 3.09. The highest BCUT2D eigenvalue weighted by Gasteiger charge is 2.34. The molecule has 3 aromatic rings. The van der Waals surface area contributed by atoms with Crippen LogP contribution in [0.15, 0.2) is 46.9 Å². The minimum Gasteiger partial charge on any atom is -0.488 e. The van der Waals surface area contributed by atoms with Crippen LogP contribution in [0.4, 0.5) is 8.78 Å². The van der Waals surface area contributed by atoms with Gasteiger partial charge in [-0.15, -0.1) is 5.10 Å². The molecule has 6 nitrogen and oxygen atoms in total. The normalized spacial score (nSPS) is 14.4. The average molecular weight is 477 g/mol. The summed E-state index contributed by atoms with van der Waals surface area (Å²) in [7, 11) is 0. The summed E-state index contributed by atoms with van der Waals surface area (Å²) in [5, 5.41) is 11.1. The maximum Gasteiger partial charge on any atom is 0.274 e. The van der Waals surface area contributed by atoms with E-state index in [0.29, 0.717) is 0 Å². The lowest BCUT2D eigenvalue weighted by Gasteiger charge is -2.15. The van der Waals surface area contributed by atoms with Crippen molar-refractivity contribution in [2.24, 2.45) is 0 Å². The van der Waals surface area contributed by atoms with Crippen LogP contribution >= 0.6 is 15.9 Å². The molecule has 1 aliphatic carbocycles. The van der Waals surface area contributed by atoms with Gasteiger partial charge in [0.1, 0.15) is 12.4 Å². The molecule has 1 aliphatic rings. The van der Waals surface area contributed by atoms with Crippen molar-refractivity contribution in [1.29, 1.82) is 0 Å². The van der Waals surface area contributed by atoms with Crippen LogP contribution in [0.25, 0.3) is 5.69 Å². The van der Waals surface area contributed by atoms with E-state index in [2.05, 4.69) is 31.6 Å². The van der Waals surface area contributed by atoms with Crippen LogP contribution in [-0.2, 0) is 0 Å². The number of carbonyl (C=O) groups is 1. The van der Waals surface area contributed by atoms with Crippen molar-refractivity contribution in [3.8, 4) is 11.4 Å². The van der Waals surface area contributed by atoms with Crippen molar-refractivity contribution < 1.29 is 18.3 Å². The maximum absolute atomic E-state index is 13.7. The van der Waals surface area contributed by atoms with Gasteiger partial charge in [0.15, 0.2) is 17.3 Å². The van der Waals surface area contributed by atoms with E-state index in [1.54, 1.807) is 11.6 Å². The second-order valence-electron chi connectivity index (χ2n) is 7.25. The Labute approximate surface area is 180 Å².